The zero-order valence-electron chi connectivity index (χ0n) is 6.93. The third kappa shape index (κ3) is 4.08. The van der Waals surface area contributed by atoms with Crippen molar-refractivity contribution in [3.63, 3.8) is 0 Å². The number of carboxylic acid groups (broad SMARTS) is 1. The van der Waals surface area contributed by atoms with Gasteiger partial charge in [0.1, 0.15) is 0 Å². The van der Waals surface area contributed by atoms with Gasteiger partial charge in [-0.25, -0.2) is 4.79 Å². The minimum Gasteiger partial charge on any atom is -0.478 e. The van der Waals surface area contributed by atoms with Crippen molar-refractivity contribution in [3.05, 3.63) is 0 Å². The molecule has 4 heteroatoms. The molecule has 64 valence electrons. The van der Waals surface area contributed by atoms with Crippen molar-refractivity contribution >= 4 is 5.97 Å². The van der Waals surface area contributed by atoms with Crippen molar-refractivity contribution in [1.82, 2.24) is 10.6 Å². The van der Waals surface area contributed by atoms with Crippen molar-refractivity contribution in [2.24, 2.45) is 0 Å². The zero-order chi connectivity index (χ0) is 9.40. The lowest BCUT2D eigenvalue weighted by atomic mass is 10.5. The fraction of sp³-hybridized carbons (Fsp3) is 0.375. The number of hydrogen-bond donors (Lipinski definition) is 3. The molecular weight excluding hydrogens is 156 g/mol. The molecule has 3 N–H and O–H groups in total. The Bertz CT molecular complexity index is 242. The molecule has 0 spiro atoms. The summed E-state index contributed by atoms with van der Waals surface area (Å²) in [5.74, 6) is 3.99. The monoisotopic (exact) mass is 166 g/mol. The van der Waals surface area contributed by atoms with Gasteiger partial charge in [-0.3, -0.25) is 0 Å². The largest absolute Gasteiger partial charge is 0.478 e. The van der Waals surface area contributed by atoms with Gasteiger partial charge in [0.2, 0.25) is 6.17 Å². The van der Waals surface area contributed by atoms with Crippen molar-refractivity contribution in [1.29, 1.82) is 0 Å². The van der Waals surface area contributed by atoms with Crippen LogP contribution < -0.4 is 10.6 Å². The van der Waals surface area contributed by atoms with Gasteiger partial charge < -0.3 is 15.7 Å². The van der Waals surface area contributed by atoms with E-state index in [-0.39, 0.29) is 0 Å². The maximum absolute atomic E-state index is 10.5. The Labute approximate surface area is 71.3 Å². The molecule has 0 saturated heterocycles. The highest BCUT2D eigenvalue weighted by molar-refractivity contribution is 5.73. The van der Waals surface area contributed by atoms with Crippen LogP contribution in [0.25, 0.3) is 0 Å². The number of carbonyl (C=O) groups is 1. The SMILES string of the molecule is CC#CNC(NC#CC)C(=O)O. The lowest BCUT2D eigenvalue weighted by Gasteiger charge is -2.08. The van der Waals surface area contributed by atoms with Crippen LogP contribution in [-0.2, 0) is 4.79 Å². The van der Waals surface area contributed by atoms with E-state index in [2.05, 4.69) is 34.6 Å². The van der Waals surface area contributed by atoms with E-state index in [0.717, 1.165) is 0 Å². The first-order chi connectivity index (χ1) is 5.72. The van der Waals surface area contributed by atoms with E-state index in [0.29, 0.717) is 0 Å². The summed E-state index contributed by atoms with van der Waals surface area (Å²) in [5, 5.41) is 13.4. The van der Waals surface area contributed by atoms with Crippen LogP contribution in [0.3, 0.4) is 0 Å². The van der Waals surface area contributed by atoms with Crippen LogP contribution in [0.4, 0.5) is 0 Å². The summed E-state index contributed by atoms with van der Waals surface area (Å²) in [6, 6.07) is 4.85. The molecule has 0 atom stereocenters. The molecule has 0 bridgehead atoms. The van der Waals surface area contributed by atoms with E-state index in [1.807, 2.05) is 0 Å². The molecule has 0 radical (unpaired) electrons. The molecule has 0 fully saturated rings. The minimum absolute atomic E-state index is 0.940. The number of aliphatic carboxylic acids is 1. The molecule has 0 aromatic rings. The normalized spacial score (nSPS) is 7.25. The fourth-order valence-corrected chi connectivity index (χ4v) is 0.448. The Kier molecular flexibility index (Phi) is 5.04. The predicted octanol–water partition coefficient (Wildman–Crippen LogP) is -0.462. The second kappa shape index (κ2) is 5.94. The second-order valence-electron chi connectivity index (χ2n) is 1.81. The number of hydrogen-bond acceptors (Lipinski definition) is 3. The maximum atomic E-state index is 10.5. The Morgan fingerprint density at radius 2 is 1.67 bits per heavy atom. The summed E-state index contributed by atoms with van der Waals surface area (Å²) in [6.07, 6.45) is -0.940. The van der Waals surface area contributed by atoms with Crippen molar-refractivity contribution in [3.8, 4) is 23.9 Å². The Hall–Kier alpha value is -1.81. The lowest BCUT2D eigenvalue weighted by Crippen LogP contribution is -2.44. The molecule has 12 heavy (non-hydrogen) atoms. The summed E-state index contributed by atoms with van der Waals surface area (Å²) >= 11 is 0. The molecule has 0 saturated carbocycles. The molecule has 0 aromatic carbocycles. The van der Waals surface area contributed by atoms with Crippen LogP contribution in [0.1, 0.15) is 13.8 Å². The summed E-state index contributed by atoms with van der Waals surface area (Å²) < 4.78 is 0. The van der Waals surface area contributed by atoms with Crippen molar-refractivity contribution < 1.29 is 9.90 Å². The molecular formula is C8H10N2O2. The first-order valence-corrected chi connectivity index (χ1v) is 3.29. The van der Waals surface area contributed by atoms with Crippen molar-refractivity contribution in [2.75, 3.05) is 0 Å². The van der Waals surface area contributed by atoms with Crippen LogP contribution in [0, 0.1) is 23.9 Å². The standard InChI is InChI=1S/C8H10N2O2/c1-3-5-9-7(8(11)12)10-6-4-2/h7,9-10H,1-2H3,(H,11,12). The predicted molar refractivity (Wildman–Crippen MR) is 44.6 cm³/mol. The van der Waals surface area contributed by atoms with E-state index < -0.39 is 12.1 Å². The van der Waals surface area contributed by atoms with Crippen LogP contribution in [-0.4, -0.2) is 17.2 Å². The third-order valence-corrected chi connectivity index (χ3v) is 0.930. The highest BCUT2D eigenvalue weighted by Gasteiger charge is 2.12. The fourth-order valence-electron chi connectivity index (χ4n) is 0.448. The lowest BCUT2D eigenvalue weighted by molar-refractivity contribution is -0.139. The van der Waals surface area contributed by atoms with E-state index in [1.165, 1.54) is 0 Å². The molecule has 0 aliphatic carbocycles. The number of rotatable bonds is 3. The average Bonchev–Trinajstić information content (AvgIpc) is 2.04. The third-order valence-electron chi connectivity index (χ3n) is 0.930. The van der Waals surface area contributed by atoms with Gasteiger partial charge in [-0.15, -0.1) is 0 Å². The quantitative estimate of drug-likeness (QED) is 0.301. The summed E-state index contributed by atoms with van der Waals surface area (Å²) in [6.45, 7) is 3.22. The first-order valence-electron chi connectivity index (χ1n) is 3.29. The van der Waals surface area contributed by atoms with Gasteiger partial charge in [0.15, 0.2) is 0 Å². The Morgan fingerprint density at radius 3 is 1.92 bits per heavy atom. The molecule has 0 unspecified atom stereocenters. The molecule has 0 aliphatic rings. The average molecular weight is 166 g/mol. The maximum Gasteiger partial charge on any atom is 0.348 e. The molecule has 0 aliphatic heterocycles. The van der Waals surface area contributed by atoms with Crippen LogP contribution >= 0.6 is 0 Å². The number of carboxylic acids is 1. The van der Waals surface area contributed by atoms with E-state index >= 15 is 0 Å². The topological polar surface area (TPSA) is 61.4 Å². The van der Waals surface area contributed by atoms with Gasteiger partial charge in [-0.05, 0) is 13.8 Å². The minimum atomic E-state index is -1.04. The van der Waals surface area contributed by atoms with Gasteiger partial charge in [-0.2, -0.15) is 0 Å². The highest BCUT2D eigenvalue weighted by Crippen LogP contribution is 1.74. The van der Waals surface area contributed by atoms with Crippen LogP contribution in [0.2, 0.25) is 0 Å². The van der Waals surface area contributed by atoms with Crippen LogP contribution in [0.5, 0.6) is 0 Å². The van der Waals surface area contributed by atoms with E-state index in [9.17, 15) is 4.79 Å². The van der Waals surface area contributed by atoms with Gasteiger partial charge in [-0.1, -0.05) is 11.8 Å². The zero-order valence-corrected chi connectivity index (χ0v) is 6.93. The van der Waals surface area contributed by atoms with E-state index in [4.69, 9.17) is 5.11 Å². The van der Waals surface area contributed by atoms with Gasteiger partial charge in [0.05, 0.1) is 0 Å². The molecule has 0 amide bonds. The summed E-state index contributed by atoms with van der Waals surface area (Å²) in [7, 11) is 0. The molecule has 0 aromatic heterocycles. The van der Waals surface area contributed by atoms with E-state index in [1.54, 1.807) is 13.8 Å². The second-order valence-corrected chi connectivity index (χ2v) is 1.81. The smallest absolute Gasteiger partial charge is 0.348 e. The molecule has 0 rings (SSSR count). The summed E-state index contributed by atoms with van der Waals surface area (Å²) in [4.78, 5) is 10.5. The summed E-state index contributed by atoms with van der Waals surface area (Å²) in [5.41, 5.74) is 0. The van der Waals surface area contributed by atoms with Crippen LogP contribution in [0.15, 0.2) is 0 Å². The number of nitrogens with one attached hydrogen (secondary N) is 2. The van der Waals surface area contributed by atoms with Gasteiger partial charge >= 0.3 is 5.97 Å². The first kappa shape index (κ1) is 10.2. The molecule has 4 nitrogen and oxygen atoms in total. The van der Waals surface area contributed by atoms with Gasteiger partial charge in [0.25, 0.3) is 0 Å². The molecule has 0 heterocycles. The Morgan fingerprint density at radius 1 is 1.25 bits per heavy atom. The highest BCUT2D eigenvalue weighted by atomic mass is 16.4. The van der Waals surface area contributed by atoms with Crippen molar-refractivity contribution in [2.45, 2.75) is 20.0 Å². The van der Waals surface area contributed by atoms with Gasteiger partial charge in [0, 0.05) is 12.1 Å². The Balaban J connectivity index is 4.07.